The fourth-order valence-electron chi connectivity index (χ4n) is 2.10. The van der Waals surface area contributed by atoms with Gasteiger partial charge in [-0.2, -0.15) is 0 Å². The molecule has 0 aromatic rings. The van der Waals surface area contributed by atoms with Gasteiger partial charge in [0.1, 0.15) is 6.61 Å². The van der Waals surface area contributed by atoms with Crippen molar-refractivity contribution in [3.63, 3.8) is 0 Å². The van der Waals surface area contributed by atoms with Crippen molar-refractivity contribution in [2.75, 3.05) is 27.4 Å². The normalized spacial score (nSPS) is 14.3. The lowest BCUT2D eigenvalue weighted by molar-refractivity contribution is -0.154. The molecule has 2 unspecified atom stereocenters. The number of hydrogen-bond acceptors (Lipinski definition) is 7. The predicted molar refractivity (Wildman–Crippen MR) is 72.8 cm³/mol. The first kappa shape index (κ1) is 19.8. The van der Waals surface area contributed by atoms with Crippen LogP contribution in [0.1, 0.15) is 19.3 Å². The van der Waals surface area contributed by atoms with Crippen molar-refractivity contribution in [2.45, 2.75) is 24.9 Å². The fourth-order valence-corrected chi connectivity index (χ4v) is 2.10. The topological polar surface area (TPSA) is 159 Å². The van der Waals surface area contributed by atoms with Gasteiger partial charge in [0.05, 0.1) is 31.6 Å². The first-order valence-corrected chi connectivity index (χ1v) is 6.35. The average Bonchev–Trinajstić information content (AvgIpc) is 2.52. The van der Waals surface area contributed by atoms with Crippen LogP contribution in [0.3, 0.4) is 0 Å². The lowest BCUT2D eigenvalue weighted by atomic mass is 9.78. The Bertz CT molecular complexity index is 462. The quantitative estimate of drug-likeness (QED) is 0.239. The number of carbonyl (C=O) groups excluding carboxylic acids is 2. The number of methoxy groups -OCH3 is 2. The van der Waals surface area contributed by atoms with Gasteiger partial charge in [-0.15, -0.1) is 0 Å². The number of nitrogens with zero attached hydrogens (tertiary/aromatic N) is 3. The highest BCUT2D eigenvalue weighted by Crippen LogP contribution is 2.32. The molecule has 124 valence electrons. The van der Waals surface area contributed by atoms with Gasteiger partial charge in [-0.25, -0.2) is 0 Å². The second-order valence-electron chi connectivity index (χ2n) is 4.51. The maximum Gasteiger partial charge on any atom is 0.306 e. The second-order valence-corrected chi connectivity index (χ2v) is 4.51. The molecule has 0 heterocycles. The summed E-state index contributed by atoms with van der Waals surface area (Å²) in [6.45, 7) is -1.23. The number of carboxylic acids is 1. The number of Topliss-reactive ketones (excluding diaryl/α,β-unsaturated/α-hetero) is 1. The minimum absolute atomic E-state index is 0.175. The lowest BCUT2D eigenvalue weighted by Gasteiger charge is -2.37. The summed E-state index contributed by atoms with van der Waals surface area (Å²) in [5.74, 6) is -3.80. The van der Waals surface area contributed by atoms with E-state index in [0.717, 1.165) is 7.11 Å². The van der Waals surface area contributed by atoms with Gasteiger partial charge in [-0.05, 0) is 12.0 Å². The van der Waals surface area contributed by atoms with Crippen molar-refractivity contribution in [3.05, 3.63) is 10.4 Å². The highest BCUT2D eigenvalue weighted by molar-refractivity contribution is 5.87. The molecule has 0 spiro atoms. The summed E-state index contributed by atoms with van der Waals surface area (Å²) in [6.07, 6.45) is -0.972. The van der Waals surface area contributed by atoms with Crippen molar-refractivity contribution >= 4 is 17.7 Å². The number of carbonyl (C=O) groups is 3. The smallest absolute Gasteiger partial charge is 0.306 e. The van der Waals surface area contributed by atoms with Gasteiger partial charge in [0.15, 0.2) is 5.78 Å². The van der Waals surface area contributed by atoms with Crippen LogP contribution >= 0.6 is 0 Å². The number of carboxylic acid groups (broad SMARTS) is 1. The molecule has 0 aromatic heterocycles. The zero-order valence-corrected chi connectivity index (χ0v) is 12.4. The van der Waals surface area contributed by atoms with Gasteiger partial charge in [-0.1, -0.05) is 5.11 Å². The Labute approximate surface area is 126 Å². The molecule has 0 aliphatic carbocycles. The first-order valence-electron chi connectivity index (χ1n) is 6.35. The van der Waals surface area contributed by atoms with Crippen LogP contribution in [0.4, 0.5) is 0 Å². The highest BCUT2D eigenvalue weighted by Gasteiger charge is 2.44. The third-order valence-corrected chi connectivity index (χ3v) is 3.35. The van der Waals surface area contributed by atoms with Crippen molar-refractivity contribution in [1.29, 1.82) is 0 Å². The zero-order valence-electron chi connectivity index (χ0n) is 12.4. The molecule has 0 aliphatic rings. The molecule has 0 aromatic carbocycles. The van der Waals surface area contributed by atoms with Gasteiger partial charge in [0, 0.05) is 18.4 Å². The zero-order chi connectivity index (χ0) is 17.2. The lowest BCUT2D eigenvalue weighted by Crippen LogP contribution is -2.49. The number of esters is 1. The Hall–Kier alpha value is -2.16. The van der Waals surface area contributed by atoms with Crippen molar-refractivity contribution < 1.29 is 34.1 Å². The number of ketones is 1. The van der Waals surface area contributed by atoms with Crippen LogP contribution in [0.2, 0.25) is 0 Å². The minimum atomic E-state index is -1.52. The fraction of sp³-hybridized carbons (Fsp3) is 0.750. The Morgan fingerprint density at radius 2 is 2.00 bits per heavy atom. The molecule has 0 saturated carbocycles. The number of aliphatic hydroxyl groups is 1. The van der Waals surface area contributed by atoms with E-state index in [9.17, 15) is 14.4 Å². The Morgan fingerprint density at radius 1 is 1.36 bits per heavy atom. The van der Waals surface area contributed by atoms with Crippen molar-refractivity contribution in [3.8, 4) is 0 Å². The van der Waals surface area contributed by atoms with E-state index in [2.05, 4.69) is 14.8 Å². The van der Waals surface area contributed by atoms with E-state index < -0.39 is 42.3 Å². The van der Waals surface area contributed by atoms with E-state index >= 15 is 0 Å². The summed E-state index contributed by atoms with van der Waals surface area (Å²) in [4.78, 5) is 36.8. The average molecular weight is 317 g/mol. The molecule has 0 amide bonds. The Kier molecular flexibility index (Phi) is 8.76. The third-order valence-electron chi connectivity index (χ3n) is 3.35. The molecule has 22 heavy (non-hydrogen) atoms. The van der Waals surface area contributed by atoms with Gasteiger partial charge < -0.3 is 19.7 Å². The van der Waals surface area contributed by atoms with Gasteiger partial charge >= 0.3 is 11.9 Å². The molecule has 2 N–H and O–H groups in total. The summed E-state index contributed by atoms with van der Waals surface area (Å²) < 4.78 is 9.75. The van der Waals surface area contributed by atoms with Gasteiger partial charge in [0.2, 0.25) is 0 Å². The molecule has 0 aliphatic heterocycles. The Morgan fingerprint density at radius 3 is 2.41 bits per heavy atom. The monoisotopic (exact) mass is 317 g/mol. The summed E-state index contributed by atoms with van der Waals surface area (Å²) in [5, 5.41) is 21.2. The molecule has 10 heteroatoms. The summed E-state index contributed by atoms with van der Waals surface area (Å²) in [6, 6.07) is 0. The molecule has 0 saturated heterocycles. The molecule has 2 atom stereocenters. The van der Waals surface area contributed by atoms with Gasteiger partial charge in [0.25, 0.3) is 0 Å². The molecule has 0 fully saturated rings. The summed E-state index contributed by atoms with van der Waals surface area (Å²) >= 11 is 0. The standard InChI is InChI=1S/C12H19N3O7/c1-21-11(20)5-8(9(17)6-16)12(22-2,7-14-15-13)4-3-10(18)19/h8,16H,3-7H2,1-2H3,(H,18,19). The molecule has 0 rings (SSSR count). The second kappa shape index (κ2) is 9.72. The van der Waals surface area contributed by atoms with Crippen LogP contribution < -0.4 is 0 Å². The molecule has 0 radical (unpaired) electrons. The Balaban J connectivity index is 5.65. The number of azide groups is 1. The van der Waals surface area contributed by atoms with Crippen LogP contribution in [-0.4, -0.2) is 60.9 Å². The minimum Gasteiger partial charge on any atom is -0.481 e. The molecular formula is C12H19N3O7. The molecule has 10 nitrogen and oxygen atoms in total. The highest BCUT2D eigenvalue weighted by atomic mass is 16.5. The summed E-state index contributed by atoms with van der Waals surface area (Å²) in [5.41, 5.74) is 6.95. The maximum absolute atomic E-state index is 12.0. The van der Waals surface area contributed by atoms with E-state index in [-0.39, 0.29) is 19.4 Å². The SMILES string of the molecule is COC(=O)CC(C(=O)CO)C(CCC(=O)O)(CN=[N+]=[N-])OC. The van der Waals surface area contributed by atoms with E-state index in [4.69, 9.17) is 20.5 Å². The number of hydrogen-bond donors (Lipinski definition) is 2. The van der Waals surface area contributed by atoms with E-state index in [1.54, 1.807) is 0 Å². The van der Waals surface area contributed by atoms with Crippen LogP contribution in [0, 0.1) is 5.92 Å². The van der Waals surface area contributed by atoms with Gasteiger partial charge in [-0.3, -0.25) is 14.4 Å². The maximum atomic E-state index is 12.0. The van der Waals surface area contributed by atoms with E-state index in [1.165, 1.54) is 7.11 Å². The first-order chi connectivity index (χ1) is 10.4. The third kappa shape index (κ3) is 5.68. The van der Waals surface area contributed by atoms with E-state index in [0.29, 0.717) is 0 Å². The van der Waals surface area contributed by atoms with Crippen LogP contribution in [0.5, 0.6) is 0 Å². The number of ether oxygens (including phenoxy) is 2. The molecular weight excluding hydrogens is 298 g/mol. The number of aliphatic carboxylic acids is 1. The molecule has 0 bridgehead atoms. The predicted octanol–water partition coefficient (Wildman–Crippen LogP) is 0.287. The summed E-state index contributed by atoms with van der Waals surface area (Å²) in [7, 11) is 2.34. The largest absolute Gasteiger partial charge is 0.481 e. The van der Waals surface area contributed by atoms with Crippen LogP contribution in [-0.2, 0) is 23.9 Å². The van der Waals surface area contributed by atoms with Crippen molar-refractivity contribution in [1.82, 2.24) is 0 Å². The van der Waals surface area contributed by atoms with Crippen molar-refractivity contribution in [2.24, 2.45) is 11.0 Å². The number of rotatable bonds is 11. The van der Waals surface area contributed by atoms with Crippen LogP contribution in [0.15, 0.2) is 5.11 Å². The number of aliphatic hydroxyl groups excluding tert-OH is 1. The van der Waals surface area contributed by atoms with Crippen LogP contribution in [0.25, 0.3) is 10.4 Å². The van der Waals surface area contributed by atoms with E-state index in [1.807, 2.05) is 0 Å².